The van der Waals surface area contributed by atoms with Crippen molar-refractivity contribution in [3.8, 4) is 5.75 Å². The van der Waals surface area contributed by atoms with Crippen LogP contribution < -0.4 is 20.9 Å². The summed E-state index contributed by atoms with van der Waals surface area (Å²) in [5, 5.41) is 7.33. The number of rotatable bonds is 4. The van der Waals surface area contributed by atoms with Gasteiger partial charge in [-0.2, -0.15) is 18.2 Å². The molecular weight excluding hydrogens is 341 g/mol. The van der Waals surface area contributed by atoms with Gasteiger partial charge in [0.25, 0.3) is 0 Å². The van der Waals surface area contributed by atoms with Crippen LogP contribution in [0.3, 0.4) is 0 Å². The topological polar surface area (TPSA) is 104 Å². The summed E-state index contributed by atoms with van der Waals surface area (Å²) in [5.74, 6) is -1.51. The quantitative estimate of drug-likeness (QED) is 0.660. The average Bonchev–Trinajstić information content (AvgIpc) is 3.24. The number of amides is 1. The second kappa shape index (κ2) is 6.69. The third kappa shape index (κ3) is 3.88. The van der Waals surface area contributed by atoms with Crippen LogP contribution in [-0.4, -0.2) is 34.2 Å². The number of ether oxygens (including phenoxy) is 1. The van der Waals surface area contributed by atoms with Gasteiger partial charge in [-0.15, -0.1) is 5.10 Å². The van der Waals surface area contributed by atoms with E-state index in [4.69, 9.17) is 4.74 Å². The van der Waals surface area contributed by atoms with E-state index in [1.807, 2.05) is 12.1 Å². The lowest BCUT2D eigenvalue weighted by atomic mass is 10.0. The van der Waals surface area contributed by atoms with E-state index in [0.29, 0.717) is 12.2 Å². The number of nitrogens with one attached hydrogen (secondary N) is 4. The standard InChI is InChI=1S/C14H15F3N6O2/c1-25-8-4-2-7(3-5-8)9-6-10(21-20-9)11(24)18-13-19-12(22-23-13)14(15,16)17/h2-5,9-10,20-21H,6H2,1H3,(H2,18,19,22,23,24). The zero-order valence-electron chi connectivity index (χ0n) is 13.0. The molecule has 1 aliphatic heterocycles. The maximum atomic E-state index is 12.5. The van der Waals surface area contributed by atoms with Gasteiger partial charge in [-0.1, -0.05) is 12.1 Å². The highest BCUT2D eigenvalue weighted by Crippen LogP contribution is 2.27. The van der Waals surface area contributed by atoms with Gasteiger partial charge in [0, 0.05) is 6.04 Å². The maximum Gasteiger partial charge on any atom is 0.451 e. The van der Waals surface area contributed by atoms with E-state index >= 15 is 0 Å². The SMILES string of the molecule is COc1ccc(C2CC(C(=O)Nc3n[nH]c(C(F)(F)F)n3)NN2)cc1. The van der Waals surface area contributed by atoms with Crippen LogP contribution in [0.1, 0.15) is 23.9 Å². The zero-order valence-corrected chi connectivity index (χ0v) is 13.0. The highest BCUT2D eigenvalue weighted by molar-refractivity contribution is 5.93. The van der Waals surface area contributed by atoms with Gasteiger partial charge in [0.15, 0.2) is 0 Å². The Kier molecular flexibility index (Phi) is 4.59. The summed E-state index contributed by atoms with van der Waals surface area (Å²) in [5.41, 5.74) is 6.73. The number of alkyl halides is 3. The van der Waals surface area contributed by atoms with E-state index in [1.54, 1.807) is 24.3 Å². The van der Waals surface area contributed by atoms with E-state index in [1.165, 1.54) is 0 Å². The molecule has 2 atom stereocenters. The van der Waals surface area contributed by atoms with Crippen molar-refractivity contribution in [1.82, 2.24) is 26.0 Å². The fraction of sp³-hybridized carbons (Fsp3) is 0.357. The molecule has 11 heteroatoms. The van der Waals surface area contributed by atoms with Crippen LogP contribution in [0.25, 0.3) is 0 Å². The van der Waals surface area contributed by atoms with Crippen molar-refractivity contribution < 1.29 is 22.7 Å². The summed E-state index contributed by atoms with van der Waals surface area (Å²) >= 11 is 0. The Hall–Kier alpha value is -2.66. The minimum absolute atomic E-state index is 0.125. The monoisotopic (exact) mass is 356 g/mol. The molecule has 1 aromatic heterocycles. The van der Waals surface area contributed by atoms with Crippen LogP contribution in [0.15, 0.2) is 24.3 Å². The lowest BCUT2D eigenvalue weighted by Crippen LogP contribution is -2.39. The van der Waals surface area contributed by atoms with Crippen molar-refractivity contribution in [2.24, 2.45) is 0 Å². The van der Waals surface area contributed by atoms with Crippen molar-refractivity contribution in [2.45, 2.75) is 24.7 Å². The summed E-state index contributed by atoms with van der Waals surface area (Å²) in [7, 11) is 1.57. The molecule has 1 amide bonds. The second-order valence-corrected chi connectivity index (χ2v) is 5.40. The number of hydrazine groups is 1. The highest BCUT2D eigenvalue weighted by Gasteiger charge is 2.36. The van der Waals surface area contributed by atoms with Crippen LogP contribution in [0.2, 0.25) is 0 Å². The predicted octanol–water partition coefficient (Wildman–Crippen LogP) is 1.38. The molecule has 2 heterocycles. The summed E-state index contributed by atoms with van der Waals surface area (Å²) in [6.45, 7) is 0. The Morgan fingerprint density at radius 3 is 2.60 bits per heavy atom. The molecule has 25 heavy (non-hydrogen) atoms. The molecule has 0 spiro atoms. The van der Waals surface area contributed by atoms with E-state index in [-0.39, 0.29) is 6.04 Å². The fourth-order valence-corrected chi connectivity index (χ4v) is 2.42. The number of carbonyl (C=O) groups excluding carboxylic acids is 1. The Morgan fingerprint density at radius 2 is 2.00 bits per heavy atom. The number of anilines is 1. The minimum Gasteiger partial charge on any atom is -0.497 e. The third-order valence-corrected chi connectivity index (χ3v) is 3.73. The van der Waals surface area contributed by atoms with Crippen molar-refractivity contribution in [3.05, 3.63) is 35.7 Å². The summed E-state index contributed by atoms with van der Waals surface area (Å²) in [6.07, 6.45) is -4.24. The zero-order chi connectivity index (χ0) is 18.0. The second-order valence-electron chi connectivity index (χ2n) is 5.40. The van der Waals surface area contributed by atoms with Crippen molar-refractivity contribution in [1.29, 1.82) is 0 Å². The van der Waals surface area contributed by atoms with Crippen LogP contribution in [0.5, 0.6) is 5.75 Å². The molecule has 0 bridgehead atoms. The van der Waals surface area contributed by atoms with Crippen molar-refractivity contribution in [3.63, 3.8) is 0 Å². The Bertz CT molecular complexity index is 746. The van der Waals surface area contributed by atoms with E-state index in [2.05, 4.69) is 26.3 Å². The van der Waals surface area contributed by atoms with Gasteiger partial charge in [0.2, 0.25) is 17.7 Å². The average molecular weight is 356 g/mol. The van der Waals surface area contributed by atoms with Crippen LogP contribution >= 0.6 is 0 Å². The lowest BCUT2D eigenvalue weighted by Gasteiger charge is -2.10. The maximum absolute atomic E-state index is 12.5. The first kappa shape index (κ1) is 17.2. The molecule has 134 valence electrons. The smallest absolute Gasteiger partial charge is 0.451 e. The number of benzene rings is 1. The first-order valence-corrected chi connectivity index (χ1v) is 7.32. The number of H-pyrrole nitrogens is 1. The van der Waals surface area contributed by atoms with Gasteiger partial charge < -0.3 is 4.74 Å². The summed E-state index contributed by atoms with van der Waals surface area (Å²) in [6, 6.07) is 6.57. The summed E-state index contributed by atoms with van der Waals surface area (Å²) in [4.78, 5) is 15.3. The molecule has 1 aromatic carbocycles. The molecule has 1 fully saturated rings. The van der Waals surface area contributed by atoms with Crippen LogP contribution in [0.4, 0.5) is 19.1 Å². The van der Waals surface area contributed by atoms with Crippen LogP contribution in [-0.2, 0) is 11.0 Å². The van der Waals surface area contributed by atoms with Gasteiger partial charge in [-0.25, -0.2) is 10.9 Å². The predicted molar refractivity (Wildman–Crippen MR) is 80.4 cm³/mol. The Morgan fingerprint density at radius 1 is 1.28 bits per heavy atom. The number of hydrogen-bond acceptors (Lipinski definition) is 6. The van der Waals surface area contributed by atoms with E-state index in [9.17, 15) is 18.0 Å². The van der Waals surface area contributed by atoms with Crippen LogP contribution in [0, 0.1) is 0 Å². The van der Waals surface area contributed by atoms with Gasteiger partial charge >= 0.3 is 6.18 Å². The highest BCUT2D eigenvalue weighted by atomic mass is 19.4. The molecule has 3 rings (SSSR count). The van der Waals surface area contributed by atoms with Gasteiger partial charge in [-0.05, 0) is 24.1 Å². The van der Waals surface area contributed by atoms with Gasteiger partial charge in [0.05, 0.1) is 7.11 Å². The number of hydrogen-bond donors (Lipinski definition) is 4. The number of halogens is 3. The first-order valence-electron chi connectivity index (χ1n) is 7.32. The number of methoxy groups -OCH3 is 1. The number of nitrogens with zero attached hydrogens (tertiary/aromatic N) is 2. The van der Waals surface area contributed by atoms with E-state index in [0.717, 1.165) is 5.56 Å². The first-order chi connectivity index (χ1) is 11.9. The number of aromatic nitrogens is 3. The molecule has 0 saturated carbocycles. The molecule has 2 unspecified atom stereocenters. The largest absolute Gasteiger partial charge is 0.497 e. The molecule has 2 aromatic rings. The number of carbonyl (C=O) groups is 1. The molecule has 0 radical (unpaired) electrons. The molecule has 8 nitrogen and oxygen atoms in total. The van der Waals surface area contributed by atoms with Crippen molar-refractivity contribution in [2.75, 3.05) is 12.4 Å². The molecule has 1 saturated heterocycles. The van der Waals surface area contributed by atoms with Gasteiger partial charge in [-0.3, -0.25) is 15.2 Å². The molecular formula is C14H15F3N6O2. The number of aromatic amines is 1. The normalized spacial score (nSPS) is 20.5. The lowest BCUT2D eigenvalue weighted by molar-refractivity contribution is -0.144. The summed E-state index contributed by atoms with van der Waals surface area (Å²) < 4.78 is 42.5. The fourth-order valence-electron chi connectivity index (χ4n) is 2.42. The minimum atomic E-state index is -4.65. The Balaban J connectivity index is 1.59. The molecule has 1 aliphatic rings. The Labute approximate surface area is 140 Å². The van der Waals surface area contributed by atoms with E-state index < -0.39 is 29.9 Å². The molecule has 0 aliphatic carbocycles. The van der Waals surface area contributed by atoms with Gasteiger partial charge in [0.1, 0.15) is 11.8 Å². The molecule has 4 N–H and O–H groups in total. The van der Waals surface area contributed by atoms with Crippen molar-refractivity contribution >= 4 is 11.9 Å². The third-order valence-electron chi connectivity index (χ3n) is 3.73.